The Balaban J connectivity index is 1.19. The SMILES string of the molecule is O=C1C/C(=C/C2CCCCC2)C(=O)N1[C@@H]1CC[C@@]2(O)[C@H]3Cc4ccc(O)c5c4[C@@]2(CCN3CC2CC2)[C@H]1O5. The van der Waals surface area contributed by atoms with Gasteiger partial charge in [-0.1, -0.05) is 31.4 Å². The molecule has 2 saturated heterocycles. The molecule has 2 bridgehead atoms. The molecular weight excluding hydrogens is 480 g/mol. The van der Waals surface area contributed by atoms with Gasteiger partial charge in [-0.25, -0.2) is 0 Å². The van der Waals surface area contributed by atoms with Crippen molar-refractivity contribution in [3.63, 3.8) is 0 Å². The van der Waals surface area contributed by atoms with E-state index in [1.807, 2.05) is 6.07 Å². The normalized spacial score (nSPS) is 39.6. The lowest BCUT2D eigenvalue weighted by molar-refractivity contribution is -0.201. The van der Waals surface area contributed by atoms with Crippen LogP contribution >= 0.6 is 0 Å². The molecule has 3 aliphatic heterocycles. The van der Waals surface area contributed by atoms with E-state index in [4.69, 9.17) is 4.74 Å². The van der Waals surface area contributed by atoms with Crippen LogP contribution in [0.25, 0.3) is 0 Å². The Bertz CT molecular complexity index is 1250. The maximum absolute atomic E-state index is 13.8. The summed E-state index contributed by atoms with van der Waals surface area (Å²) in [5.41, 5.74) is 0.973. The first-order valence-corrected chi connectivity index (χ1v) is 15.0. The molecular formula is C31H38N2O5. The van der Waals surface area contributed by atoms with E-state index in [1.54, 1.807) is 6.07 Å². The molecule has 1 aromatic rings. The number of ether oxygens (including phenoxy) is 1. The molecule has 38 heavy (non-hydrogen) atoms. The predicted molar refractivity (Wildman–Crippen MR) is 140 cm³/mol. The molecule has 3 heterocycles. The van der Waals surface area contributed by atoms with Crippen LogP contribution in [0, 0.1) is 11.8 Å². The van der Waals surface area contributed by atoms with E-state index >= 15 is 0 Å². The van der Waals surface area contributed by atoms with Crippen LogP contribution in [0.15, 0.2) is 23.8 Å². The number of benzene rings is 1. The van der Waals surface area contributed by atoms with Crippen LogP contribution in [0.3, 0.4) is 0 Å². The van der Waals surface area contributed by atoms with Crippen molar-refractivity contribution in [3.8, 4) is 11.5 Å². The molecule has 3 saturated carbocycles. The van der Waals surface area contributed by atoms with Gasteiger partial charge in [-0.3, -0.25) is 19.4 Å². The highest BCUT2D eigenvalue weighted by molar-refractivity contribution is 6.13. The molecule has 0 unspecified atom stereocenters. The highest BCUT2D eigenvalue weighted by Gasteiger charge is 2.74. The third-order valence-electron chi connectivity index (χ3n) is 11.3. The van der Waals surface area contributed by atoms with E-state index in [1.165, 1.54) is 37.0 Å². The number of phenolic OH excluding ortho intramolecular Hbond substituents is 1. The fourth-order valence-corrected chi connectivity index (χ4v) is 9.36. The number of aromatic hydroxyl groups is 1. The lowest BCUT2D eigenvalue weighted by Gasteiger charge is -2.64. The fourth-order valence-electron chi connectivity index (χ4n) is 9.36. The second-order valence-electron chi connectivity index (χ2n) is 13.2. The molecule has 7 nitrogen and oxygen atoms in total. The van der Waals surface area contributed by atoms with Gasteiger partial charge in [0.1, 0.15) is 6.10 Å². The number of hydrogen-bond acceptors (Lipinski definition) is 6. The minimum Gasteiger partial charge on any atom is -0.504 e. The zero-order valence-electron chi connectivity index (χ0n) is 22.0. The molecule has 5 fully saturated rings. The average Bonchev–Trinajstić information content (AvgIpc) is 3.59. The highest BCUT2D eigenvalue weighted by atomic mass is 16.5. The number of allylic oxidation sites excluding steroid dienone is 1. The number of carbonyl (C=O) groups is 2. The van der Waals surface area contributed by atoms with Gasteiger partial charge in [0.2, 0.25) is 5.91 Å². The first-order chi connectivity index (χ1) is 18.4. The fraction of sp³-hybridized carbons (Fsp3) is 0.677. The number of carbonyl (C=O) groups excluding carboxylic acids is 2. The summed E-state index contributed by atoms with van der Waals surface area (Å²) < 4.78 is 6.62. The van der Waals surface area contributed by atoms with E-state index < -0.39 is 23.2 Å². The molecule has 8 rings (SSSR count). The molecule has 2 N–H and O–H groups in total. The number of nitrogens with zero attached hydrogens (tertiary/aromatic N) is 2. The summed E-state index contributed by atoms with van der Waals surface area (Å²) in [7, 11) is 0. The average molecular weight is 519 g/mol. The van der Waals surface area contributed by atoms with Crippen molar-refractivity contribution >= 4 is 11.8 Å². The van der Waals surface area contributed by atoms with Gasteiger partial charge in [-0.05, 0) is 81.4 Å². The Labute approximate surface area is 223 Å². The lowest BCUT2D eigenvalue weighted by atomic mass is 9.48. The molecule has 7 aliphatic rings. The summed E-state index contributed by atoms with van der Waals surface area (Å²) in [6, 6.07) is 3.24. The summed E-state index contributed by atoms with van der Waals surface area (Å²) in [6.45, 7) is 1.88. The van der Waals surface area contributed by atoms with Crippen LogP contribution < -0.4 is 4.74 Å². The van der Waals surface area contributed by atoms with Gasteiger partial charge in [-0.2, -0.15) is 0 Å². The van der Waals surface area contributed by atoms with Crippen molar-refractivity contribution in [3.05, 3.63) is 34.9 Å². The largest absolute Gasteiger partial charge is 0.504 e. The van der Waals surface area contributed by atoms with E-state index in [0.29, 0.717) is 36.5 Å². The van der Waals surface area contributed by atoms with Crippen LogP contribution in [-0.2, 0) is 21.4 Å². The Morgan fingerprint density at radius 1 is 1.05 bits per heavy atom. The number of hydrogen-bond donors (Lipinski definition) is 2. The van der Waals surface area contributed by atoms with Crippen molar-refractivity contribution < 1.29 is 24.5 Å². The Morgan fingerprint density at radius 2 is 1.87 bits per heavy atom. The first kappa shape index (κ1) is 23.5. The maximum Gasteiger partial charge on any atom is 0.256 e. The molecule has 202 valence electrons. The van der Waals surface area contributed by atoms with Gasteiger partial charge >= 0.3 is 0 Å². The Kier molecular flexibility index (Phi) is 4.99. The third-order valence-corrected chi connectivity index (χ3v) is 11.3. The molecule has 0 aromatic heterocycles. The number of amides is 2. The molecule has 1 spiro atoms. The summed E-state index contributed by atoms with van der Waals surface area (Å²) in [6.07, 6.45) is 12.5. The van der Waals surface area contributed by atoms with Crippen LogP contribution in [0.2, 0.25) is 0 Å². The van der Waals surface area contributed by atoms with Gasteiger partial charge in [0, 0.05) is 23.7 Å². The monoisotopic (exact) mass is 518 g/mol. The van der Waals surface area contributed by atoms with Crippen molar-refractivity contribution in [2.45, 2.75) is 106 Å². The number of piperidine rings is 1. The Hall–Kier alpha value is -2.38. The molecule has 0 radical (unpaired) electrons. The summed E-state index contributed by atoms with van der Waals surface area (Å²) >= 11 is 0. The third kappa shape index (κ3) is 3.03. The van der Waals surface area contributed by atoms with Crippen molar-refractivity contribution in [2.24, 2.45) is 11.8 Å². The molecule has 1 aromatic carbocycles. The van der Waals surface area contributed by atoms with E-state index in [-0.39, 0.29) is 30.0 Å². The summed E-state index contributed by atoms with van der Waals surface area (Å²) in [5, 5.41) is 23.5. The van der Waals surface area contributed by atoms with Crippen molar-refractivity contribution in [1.82, 2.24) is 9.80 Å². The minimum atomic E-state index is -1.01. The van der Waals surface area contributed by atoms with Crippen molar-refractivity contribution in [2.75, 3.05) is 13.1 Å². The zero-order valence-corrected chi connectivity index (χ0v) is 22.0. The van der Waals surface area contributed by atoms with Crippen LogP contribution in [0.4, 0.5) is 0 Å². The highest BCUT2D eigenvalue weighted by Crippen LogP contribution is 2.66. The zero-order chi connectivity index (χ0) is 25.8. The number of imide groups is 1. The number of likely N-dealkylation sites (tertiary alicyclic amines) is 2. The number of phenols is 1. The minimum absolute atomic E-state index is 0.0152. The van der Waals surface area contributed by atoms with E-state index in [9.17, 15) is 19.8 Å². The molecule has 2 amide bonds. The van der Waals surface area contributed by atoms with Crippen molar-refractivity contribution in [1.29, 1.82) is 0 Å². The summed E-state index contributed by atoms with van der Waals surface area (Å²) in [4.78, 5) is 31.2. The van der Waals surface area contributed by atoms with Gasteiger partial charge in [0.15, 0.2) is 11.5 Å². The Morgan fingerprint density at radius 3 is 2.66 bits per heavy atom. The smallest absolute Gasteiger partial charge is 0.256 e. The second-order valence-corrected chi connectivity index (χ2v) is 13.2. The van der Waals surface area contributed by atoms with Gasteiger partial charge in [0.25, 0.3) is 5.91 Å². The standard InChI is InChI=1S/C31H38N2O5/c34-23-9-8-20-15-24-31(37)11-10-22(33-25(35)16-21(29(33)36)14-18-4-2-1-3-5-18)28-30(31,26(20)27(23)38-28)12-13-32(24)17-19-6-7-19/h8-9,14,18-19,22,24,28,34,37H,1-7,10-13,15-17H2/b21-14-/t22-,24-,28+,30+,31-/m1/s1. The number of aliphatic hydroxyl groups is 1. The van der Waals surface area contributed by atoms with Gasteiger partial charge < -0.3 is 14.9 Å². The number of rotatable bonds is 4. The lowest BCUT2D eigenvalue weighted by Crippen LogP contribution is -2.78. The predicted octanol–water partition coefficient (Wildman–Crippen LogP) is 3.59. The first-order valence-electron chi connectivity index (χ1n) is 15.0. The van der Waals surface area contributed by atoms with Gasteiger partial charge in [0.05, 0.1) is 23.5 Å². The van der Waals surface area contributed by atoms with E-state index in [2.05, 4.69) is 11.0 Å². The van der Waals surface area contributed by atoms with Crippen LogP contribution in [0.5, 0.6) is 11.5 Å². The quantitative estimate of drug-likeness (QED) is 0.468. The van der Waals surface area contributed by atoms with Crippen LogP contribution in [0.1, 0.15) is 81.8 Å². The van der Waals surface area contributed by atoms with E-state index in [0.717, 1.165) is 49.4 Å². The topological polar surface area (TPSA) is 90.3 Å². The van der Waals surface area contributed by atoms with Gasteiger partial charge in [-0.15, -0.1) is 0 Å². The molecule has 5 atom stereocenters. The summed E-state index contributed by atoms with van der Waals surface area (Å²) in [5.74, 6) is 1.34. The second kappa shape index (κ2) is 8.07. The van der Waals surface area contributed by atoms with Crippen LogP contribution in [-0.4, -0.2) is 68.7 Å². The molecule has 7 heteroatoms. The maximum atomic E-state index is 13.8. The molecule has 4 aliphatic carbocycles.